The Labute approximate surface area is 116 Å². The van der Waals surface area contributed by atoms with Crippen molar-refractivity contribution < 1.29 is 4.74 Å². The third-order valence-electron chi connectivity index (χ3n) is 5.01. The molecule has 2 unspecified atom stereocenters. The molecule has 2 fully saturated rings. The van der Waals surface area contributed by atoms with E-state index in [0.29, 0.717) is 0 Å². The predicted octanol–water partition coefficient (Wildman–Crippen LogP) is 3.72. The third kappa shape index (κ3) is 2.79. The minimum atomic E-state index is 0.726. The SMILES string of the molecule is COc1cccc(C2CC(NC3CCCC3C)C2)c1. The molecule has 2 heteroatoms. The average molecular weight is 259 g/mol. The first-order chi connectivity index (χ1) is 9.26. The molecule has 2 nitrogen and oxygen atoms in total. The summed E-state index contributed by atoms with van der Waals surface area (Å²) >= 11 is 0. The number of hydrogen-bond acceptors (Lipinski definition) is 2. The molecule has 0 amide bonds. The van der Waals surface area contributed by atoms with Crippen LogP contribution in [0.2, 0.25) is 0 Å². The number of methoxy groups -OCH3 is 1. The minimum absolute atomic E-state index is 0.726. The van der Waals surface area contributed by atoms with Crippen molar-refractivity contribution in [3.63, 3.8) is 0 Å². The Bertz CT molecular complexity index is 425. The predicted molar refractivity (Wildman–Crippen MR) is 78.7 cm³/mol. The number of nitrogens with one attached hydrogen (secondary N) is 1. The van der Waals surface area contributed by atoms with Crippen LogP contribution in [0.4, 0.5) is 0 Å². The van der Waals surface area contributed by atoms with Gasteiger partial charge in [-0.2, -0.15) is 0 Å². The van der Waals surface area contributed by atoms with Gasteiger partial charge in [0.2, 0.25) is 0 Å². The Kier molecular flexibility index (Phi) is 3.79. The van der Waals surface area contributed by atoms with Crippen LogP contribution >= 0.6 is 0 Å². The molecule has 0 spiro atoms. The molecule has 3 rings (SSSR count). The van der Waals surface area contributed by atoms with Gasteiger partial charge < -0.3 is 10.1 Å². The summed E-state index contributed by atoms with van der Waals surface area (Å²) in [6.45, 7) is 2.39. The van der Waals surface area contributed by atoms with E-state index in [1.54, 1.807) is 7.11 Å². The van der Waals surface area contributed by atoms with Gasteiger partial charge in [0.15, 0.2) is 0 Å². The fourth-order valence-electron chi connectivity index (χ4n) is 3.62. The number of rotatable bonds is 4. The molecule has 0 bridgehead atoms. The van der Waals surface area contributed by atoms with Gasteiger partial charge in [-0.3, -0.25) is 0 Å². The molecule has 0 aliphatic heterocycles. The summed E-state index contributed by atoms with van der Waals surface area (Å²) in [6.07, 6.45) is 6.77. The zero-order chi connectivity index (χ0) is 13.2. The monoisotopic (exact) mass is 259 g/mol. The van der Waals surface area contributed by atoms with E-state index in [2.05, 4.69) is 30.4 Å². The largest absolute Gasteiger partial charge is 0.497 e. The van der Waals surface area contributed by atoms with Crippen LogP contribution < -0.4 is 10.1 Å². The summed E-state index contributed by atoms with van der Waals surface area (Å²) in [5.41, 5.74) is 1.44. The van der Waals surface area contributed by atoms with E-state index < -0.39 is 0 Å². The summed E-state index contributed by atoms with van der Waals surface area (Å²) in [4.78, 5) is 0. The van der Waals surface area contributed by atoms with Gasteiger partial charge in [0, 0.05) is 12.1 Å². The van der Waals surface area contributed by atoms with E-state index in [1.807, 2.05) is 6.07 Å². The number of ether oxygens (including phenoxy) is 1. The van der Waals surface area contributed by atoms with Crippen molar-refractivity contribution in [2.45, 2.75) is 57.0 Å². The number of benzene rings is 1. The lowest BCUT2D eigenvalue weighted by molar-refractivity contribution is 0.247. The van der Waals surface area contributed by atoms with Crippen molar-refractivity contribution in [2.75, 3.05) is 7.11 Å². The van der Waals surface area contributed by atoms with Gasteiger partial charge in [-0.05, 0) is 55.2 Å². The normalized spacial score (nSPS) is 34.0. The lowest BCUT2D eigenvalue weighted by Crippen LogP contribution is -2.46. The van der Waals surface area contributed by atoms with E-state index in [1.165, 1.54) is 37.7 Å². The summed E-state index contributed by atoms with van der Waals surface area (Å²) < 4.78 is 5.31. The van der Waals surface area contributed by atoms with Gasteiger partial charge in [-0.1, -0.05) is 25.5 Å². The van der Waals surface area contributed by atoms with Gasteiger partial charge in [0.25, 0.3) is 0 Å². The zero-order valence-corrected chi connectivity index (χ0v) is 12.1. The van der Waals surface area contributed by atoms with Gasteiger partial charge >= 0.3 is 0 Å². The molecule has 0 saturated heterocycles. The van der Waals surface area contributed by atoms with Crippen molar-refractivity contribution in [2.24, 2.45) is 5.92 Å². The van der Waals surface area contributed by atoms with Crippen LogP contribution in [0.15, 0.2) is 24.3 Å². The Morgan fingerprint density at radius 1 is 1.21 bits per heavy atom. The maximum atomic E-state index is 5.31. The second-order valence-electron chi connectivity index (χ2n) is 6.32. The fourth-order valence-corrected chi connectivity index (χ4v) is 3.62. The highest BCUT2D eigenvalue weighted by molar-refractivity contribution is 5.32. The standard InChI is InChI=1S/C17H25NO/c1-12-5-3-8-17(12)18-15-9-14(10-15)13-6-4-7-16(11-13)19-2/h4,6-7,11-12,14-15,17-18H,3,5,8-10H2,1-2H3. The second kappa shape index (κ2) is 5.54. The van der Waals surface area contributed by atoms with Crippen LogP contribution in [-0.4, -0.2) is 19.2 Å². The van der Waals surface area contributed by atoms with Crippen LogP contribution in [-0.2, 0) is 0 Å². The molecular weight excluding hydrogens is 234 g/mol. The molecule has 104 valence electrons. The Balaban J connectivity index is 1.51. The molecule has 1 N–H and O–H groups in total. The molecule has 1 aromatic rings. The number of hydrogen-bond donors (Lipinski definition) is 1. The van der Waals surface area contributed by atoms with E-state index >= 15 is 0 Å². The molecule has 2 atom stereocenters. The topological polar surface area (TPSA) is 21.3 Å². The van der Waals surface area contributed by atoms with Crippen molar-refractivity contribution in [1.82, 2.24) is 5.32 Å². The van der Waals surface area contributed by atoms with Crippen LogP contribution in [0.25, 0.3) is 0 Å². The highest BCUT2D eigenvalue weighted by atomic mass is 16.5. The van der Waals surface area contributed by atoms with Crippen molar-refractivity contribution >= 4 is 0 Å². The average Bonchev–Trinajstić information content (AvgIpc) is 2.79. The van der Waals surface area contributed by atoms with Gasteiger partial charge in [-0.15, -0.1) is 0 Å². The summed E-state index contributed by atoms with van der Waals surface area (Å²) in [7, 11) is 1.74. The lowest BCUT2D eigenvalue weighted by atomic mass is 9.75. The molecule has 0 aromatic heterocycles. The van der Waals surface area contributed by atoms with Crippen LogP contribution in [0, 0.1) is 5.92 Å². The third-order valence-corrected chi connectivity index (χ3v) is 5.01. The molecule has 2 aliphatic carbocycles. The van der Waals surface area contributed by atoms with Gasteiger partial charge in [0.05, 0.1) is 7.11 Å². The maximum Gasteiger partial charge on any atom is 0.119 e. The molecular formula is C17H25NO. The van der Waals surface area contributed by atoms with Crippen LogP contribution in [0.1, 0.15) is 50.5 Å². The molecule has 2 aliphatic rings. The Morgan fingerprint density at radius 3 is 2.74 bits per heavy atom. The van der Waals surface area contributed by atoms with E-state index in [-0.39, 0.29) is 0 Å². The highest BCUT2D eigenvalue weighted by Gasteiger charge is 2.34. The maximum absolute atomic E-state index is 5.31. The molecule has 2 saturated carbocycles. The second-order valence-corrected chi connectivity index (χ2v) is 6.32. The van der Waals surface area contributed by atoms with Crippen molar-refractivity contribution in [3.8, 4) is 5.75 Å². The Hall–Kier alpha value is -1.02. The van der Waals surface area contributed by atoms with E-state index in [4.69, 9.17) is 4.74 Å². The quantitative estimate of drug-likeness (QED) is 0.890. The zero-order valence-electron chi connectivity index (χ0n) is 12.1. The smallest absolute Gasteiger partial charge is 0.119 e. The fraction of sp³-hybridized carbons (Fsp3) is 0.647. The van der Waals surface area contributed by atoms with E-state index in [0.717, 1.165) is 29.7 Å². The molecule has 0 heterocycles. The minimum Gasteiger partial charge on any atom is -0.497 e. The first-order valence-corrected chi connectivity index (χ1v) is 7.66. The van der Waals surface area contributed by atoms with Crippen molar-refractivity contribution in [1.29, 1.82) is 0 Å². The summed E-state index contributed by atoms with van der Waals surface area (Å²) in [5, 5.41) is 3.86. The van der Waals surface area contributed by atoms with Crippen LogP contribution in [0.5, 0.6) is 5.75 Å². The van der Waals surface area contributed by atoms with Gasteiger partial charge in [0.1, 0.15) is 5.75 Å². The molecule has 0 radical (unpaired) electrons. The molecule has 19 heavy (non-hydrogen) atoms. The molecule has 1 aromatic carbocycles. The first-order valence-electron chi connectivity index (χ1n) is 7.66. The highest BCUT2D eigenvalue weighted by Crippen LogP contribution is 2.39. The van der Waals surface area contributed by atoms with E-state index in [9.17, 15) is 0 Å². The summed E-state index contributed by atoms with van der Waals surface area (Å²) in [6, 6.07) is 10.1. The van der Waals surface area contributed by atoms with Crippen LogP contribution in [0.3, 0.4) is 0 Å². The van der Waals surface area contributed by atoms with Crippen molar-refractivity contribution in [3.05, 3.63) is 29.8 Å². The summed E-state index contributed by atoms with van der Waals surface area (Å²) in [5.74, 6) is 2.58. The Morgan fingerprint density at radius 2 is 2.05 bits per heavy atom. The first kappa shape index (κ1) is 13.0. The van der Waals surface area contributed by atoms with Gasteiger partial charge in [-0.25, -0.2) is 0 Å². The lowest BCUT2D eigenvalue weighted by Gasteiger charge is -2.39.